The Morgan fingerprint density at radius 3 is 2.52 bits per heavy atom. The van der Waals surface area contributed by atoms with Gasteiger partial charge in [0.15, 0.2) is 0 Å². The number of anilines is 1. The van der Waals surface area contributed by atoms with E-state index in [0.717, 1.165) is 22.6 Å². The minimum Gasteiger partial charge on any atom is -0.279 e. The van der Waals surface area contributed by atoms with E-state index >= 15 is 0 Å². The average Bonchev–Trinajstić information content (AvgIpc) is 2.82. The number of hydrazone groups is 1. The van der Waals surface area contributed by atoms with Crippen LogP contribution in [-0.2, 0) is 7.05 Å². The normalized spacial score (nSPS) is 11.2. The van der Waals surface area contributed by atoms with Gasteiger partial charge in [-0.2, -0.15) is 5.10 Å². The van der Waals surface area contributed by atoms with Crippen LogP contribution in [-0.4, -0.2) is 15.6 Å². The van der Waals surface area contributed by atoms with E-state index in [4.69, 9.17) is 11.6 Å². The van der Waals surface area contributed by atoms with Gasteiger partial charge >= 0.3 is 0 Å². The van der Waals surface area contributed by atoms with Crippen LogP contribution in [0.5, 0.6) is 0 Å². The molecule has 3 rings (SSSR count). The Bertz CT molecular complexity index is 987. The summed E-state index contributed by atoms with van der Waals surface area (Å²) in [6.07, 6.45) is 1.64. The van der Waals surface area contributed by atoms with Crippen LogP contribution in [0.4, 0.5) is 5.69 Å². The van der Waals surface area contributed by atoms with Crippen molar-refractivity contribution in [1.82, 2.24) is 9.36 Å². The van der Waals surface area contributed by atoms with Crippen molar-refractivity contribution in [1.29, 1.82) is 0 Å². The summed E-state index contributed by atoms with van der Waals surface area (Å²) < 4.78 is 3.42. The fourth-order valence-corrected chi connectivity index (χ4v) is 2.81. The van der Waals surface area contributed by atoms with Crippen molar-refractivity contribution in [3.63, 3.8) is 0 Å². The van der Waals surface area contributed by atoms with E-state index < -0.39 is 0 Å². The molecule has 0 fully saturated rings. The van der Waals surface area contributed by atoms with Gasteiger partial charge in [0.1, 0.15) is 0 Å². The molecular weight excluding hydrogens is 336 g/mol. The third kappa shape index (κ3) is 3.37. The predicted molar refractivity (Wildman–Crippen MR) is 103 cm³/mol. The summed E-state index contributed by atoms with van der Waals surface area (Å²) in [5, 5.41) is 4.93. The lowest BCUT2D eigenvalue weighted by atomic mass is 10.2. The van der Waals surface area contributed by atoms with Crippen LogP contribution >= 0.6 is 11.6 Å². The van der Waals surface area contributed by atoms with Crippen LogP contribution in [0, 0.1) is 13.8 Å². The minimum absolute atomic E-state index is 0.0615. The summed E-state index contributed by atoms with van der Waals surface area (Å²) in [4.78, 5) is 12.6. The van der Waals surface area contributed by atoms with E-state index in [1.165, 1.54) is 0 Å². The Balaban J connectivity index is 1.90. The van der Waals surface area contributed by atoms with Gasteiger partial charge in [-0.25, -0.2) is 4.68 Å². The zero-order chi connectivity index (χ0) is 18.0. The number of hydrogen-bond acceptors (Lipinski definition) is 3. The topological polar surface area (TPSA) is 51.3 Å². The lowest BCUT2D eigenvalue weighted by molar-refractivity contribution is 0.643. The summed E-state index contributed by atoms with van der Waals surface area (Å²) >= 11 is 6.11. The van der Waals surface area contributed by atoms with Crippen LogP contribution in [0.2, 0.25) is 5.02 Å². The van der Waals surface area contributed by atoms with Gasteiger partial charge < -0.3 is 0 Å². The second-order valence-electron chi connectivity index (χ2n) is 5.82. The van der Waals surface area contributed by atoms with E-state index in [-0.39, 0.29) is 5.56 Å². The molecule has 0 atom stereocenters. The van der Waals surface area contributed by atoms with Gasteiger partial charge in [0, 0.05) is 17.6 Å². The summed E-state index contributed by atoms with van der Waals surface area (Å²) in [6, 6.07) is 15.2. The molecule has 0 spiro atoms. The maximum Gasteiger partial charge on any atom is 0.274 e. The molecule has 0 aliphatic heterocycles. The van der Waals surface area contributed by atoms with E-state index in [9.17, 15) is 4.79 Å². The third-order valence-corrected chi connectivity index (χ3v) is 4.51. The number of aromatic nitrogens is 2. The van der Waals surface area contributed by atoms with Crippen molar-refractivity contribution in [3.8, 4) is 5.69 Å². The minimum atomic E-state index is -0.0615. The van der Waals surface area contributed by atoms with Gasteiger partial charge in [-0.15, -0.1) is 0 Å². The summed E-state index contributed by atoms with van der Waals surface area (Å²) in [5.74, 6) is 0. The van der Waals surface area contributed by atoms with E-state index in [1.54, 1.807) is 22.5 Å². The summed E-state index contributed by atoms with van der Waals surface area (Å²) in [7, 11) is 1.84. The van der Waals surface area contributed by atoms with Crippen molar-refractivity contribution >= 4 is 23.5 Å². The molecule has 0 unspecified atom stereocenters. The first-order valence-corrected chi connectivity index (χ1v) is 8.26. The van der Waals surface area contributed by atoms with Crippen molar-refractivity contribution in [2.24, 2.45) is 12.1 Å². The smallest absolute Gasteiger partial charge is 0.274 e. The molecule has 128 valence electrons. The molecular formula is C19H19ClN4O. The standard InChI is InChI=1S/C19H19ClN4O/c1-13-9-10-15(11-17(13)20)22-21-12-18-14(2)19(25)24(23(18)3)16-7-5-4-6-8-16/h4-12,22H,1-3H3/b21-12-. The van der Waals surface area contributed by atoms with E-state index in [2.05, 4.69) is 10.5 Å². The lowest BCUT2D eigenvalue weighted by Crippen LogP contribution is -2.20. The summed E-state index contributed by atoms with van der Waals surface area (Å²) in [6.45, 7) is 3.74. The van der Waals surface area contributed by atoms with Crippen LogP contribution in [0.25, 0.3) is 5.69 Å². The summed E-state index contributed by atoms with van der Waals surface area (Å²) in [5.41, 5.74) is 6.87. The first kappa shape index (κ1) is 17.0. The van der Waals surface area contributed by atoms with Gasteiger partial charge in [0.2, 0.25) is 0 Å². The molecule has 25 heavy (non-hydrogen) atoms. The largest absolute Gasteiger partial charge is 0.279 e. The van der Waals surface area contributed by atoms with Crippen molar-refractivity contribution < 1.29 is 0 Å². The number of rotatable bonds is 4. The number of halogens is 1. The number of nitrogens with zero attached hydrogens (tertiary/aromatic N) is 3. The van der Waals surface area contributed by atoms with E-state index in [0.29, 0.717) is 10.6 Å². The van der Waals surface area contributed by atoms with Gasteiger partial charge in [-0.1, -0.05) is 35.9 Å². The quantitative estimate of drug-likeness (QED) is 0.570. The monoisotopic (exact) mass is 354 g/mol. The molecule has 5 nitrogen and oxygen atoms in total. The first-order valence-electron chi connectivity index (χ1n) is 7.88. The molecule has 0 aliphatic carbocycles. The van der Waals surface area contributed by atoms with Crippen molar-refractivity contribution in [3.05, 3.63) is 80.7 Å². The molecule has 0 saturated heterocycles. The molecule has 1 heterocycles. The fourth-order valence-electron chi connectivity index (χ4n) is 2.63. The number of para-hydroxylation sites is 1. The molecule has 1 aromatic heterocycles. The first-order chi connectivity index (χ1) is 12.0. The Morgan fingerprint density at radius 2 is 1.84 bits per heavy atom. The highest BCUT2D eigenvalue weighted by Crippen LogP contribution is 2.19. The second kappa shape index (κ2) is 6.99. The fraction of sp³-hybridized carbons (Fsp3) is 0.158. The highest BCUT2D eigenvalue weighted by Gasteiger charge is 2.13. The van der Waals surface area contributed by atoms with Crippen molar-refractivity contribution in [2.75, 3.05) is 5.43 Å². The molecule has 3 aromatic rings. The van der Waals surface area contributed by atoms with Crippen LogP contribution < -0.4 is 11.0 Å². The number of aryl methyl sites for hydroxylation is 1. The van der Waals surface area contributed by atoms with Gasteiger partial charge in [-0.3, -0.25) is 14.9 Å². The number of nitrogens with one attached hydrogen (secondary N) is 1. The molecule has 1 N–H and O–H groups in total. The molecule has 0 amide bonds. The number of benzene rings is 2. The molecule has 0 bridgehead atoms. The van der Waals surface area contributed by atoms with Crippen LogP contribution in [0.3, 0.4) is 0 Å². The predicted octanol–water partition coefficient (Wildman–Crippen LogP) is 3.89. The SMILES string of the molecule is Cc1ccc(N/N=C\c2c(C)c(=O)n(-c3ccccc3)n2C)cc1Cl. The van der Waals surface area contributed by atoms with Crippen LogP contribution in [0.15, 0.2) is 58.4 Å². The maximum absolute atomic E-state index is 12.6. The maximum atomic E-state index is 12.6. The zero-order valence-corrected chi connectivity index (χ0v) is 15.1. The third-order valence-electron chi connectivity index (χ3n) is 4.10. The Kier molecular flexibility index (Phi) is 4.76. The highest BCUT2D eigenvalue weighted by molar-refractivity contribution is 6.31. The molecule has 0 radical (unpaired) electrons. The second-order valence-corrected chi connectivity index (χ2v) is 6.23. The van der Waals surface area contributed by atoms with Crippen molar-refractivity contribution in [2.45, 2.75) is 13.8 Å². The molecule has 0 saturated carbocycles. The Labute approximate surface area is 151 Å². The van der Waals surface area contributed by atoms with Gasteiger partial charge in [0.05, 0.1) is 23.3 Å². The van der Waals surface area contributed by atoms with E-state index in [1.807, 2.05) is 62.5 Å². The zero-order valence-electron chi connectivity index (χ0n) is 14.3. The number of hydrogen-bond donors (Lipinski definition) is 1. The molecule has 0 aliphatic rings. The Morgan fingerprint density at radius 1 is 1.12 bits per heavy atom. The molecule has 6 heteroatoms. The van der Waals surface area contributed by atoms with Crippen LogP contribution in [0.1, 0.15) is 16.8 Å². The highest BCUT2D eigenvalue weighted by atomic mass is 35.5. The lowest BCUT2D eigenvalue weighted by Gasteiger charge is -2.08. The van der Waals surface area contributed by atoms with Gasteiger partial charge in [0.25, 0.3) is 5.56 Å². The molecule has 2 aromatic carbocycles. The Hall–Kier alpha value is -2.79. The average molecular weight is 355 g/mol. The van der Waals surface area contributed by atoms with Gasteiger partial charge in [-0.05, 0) is 43.7 Å².